The van der Waals surface area contributed by atoms with Crippen LogP contribution in [-0.4, -0.2) is 68.9 Å². The Kier molecular flexibility index (Phi) is 5.84. The Balaban J connectivity index is 1.88. The van der Waals surface area contributed by atoms with E-state index in [1.807, 2.05) is 0 Å². The van der Waals surface area contributed by atoms with Gasteiger partial charge in [-0.15, -0.1) is 0 Å². The van der Waals surface area contributed by atoms with Crippen LogP contribution in [0, 0.1) is 11.6 Å². The van der Waals surface area contributed by atoms with E-state index in [2.05, 4.69) is 0 Å². The molecule has 1 fully saturated rings. The van der Waals surface area contributed by atoms with E-state index in [1.165, 1.54) is 36.4 Å². The average molecular weight is 393 g/mol. The van der Waals surface area contributed by atoms with Gasteiger partial charge in [-0.2, -0.15) is 0 Å². The lowest BCUT2D eigenvalue weighted by molar-refractivity contribution is -0.167. The molecule has 0 saturated carbocycles. The molecule has 0 amide bonds. The van der Waals surface area contributed by atoms with Gasteiger partial charge in [0.15, 0.2) is 0 Å². The largest absolute Gasteiger partial charge is 0.387 e. The van der Waals surface area contributed by atoms with Crippen LogP contribution < -0.4 is 0 Å². The number of benzene rings is 2. The van der Waals surface area contributed by atoms with E-state index in [4.69, 9.17) is 0 Å². The van der Waals surface area contributed by atoms with Gasteiger partial charge in [-0.1, -0.05) is 24.3 Å². The van der Waals surface area contributed by atoms with Crippen molar-refractivity contribution in [3.8, 4) is 0 Å². The first-order valence-corrected chi connectivity index (χ1v) is 9.10. The molecule has 0 radical (unpaired) electrons. The van der Waals surface area contributed by atoms with Crippen LogP contribution in [0.4, 0.5) is 8.78 Å². The summed E-state index contributed by atoms with van der Waals surface area (Å²) >= 11 is 0. The lowest BCUT2D eigenvalue weighted by Gasteiger charge is -2.38. The van der Waals surface area contributed by atoms with Crippen LogP contribution in [0.1, 0.15) is 11.1 Å². The number of rotatable bonds is 4. The summed E-state index contributed by atoms with van der Waals surface area (Å²) in [6.07, 6.45) is -3.61. The monoisotopic (exact) mass is 393 g/mol. The molecule has 2 aromatic rings. The Hall–Kier alpha value is -1.90. The number of aliphatic hydroxyl groups excluding tert-OH is 2. The molecule has 1 aliphatic heterocycles. The maximum Gasteiger partial charge on any atom is 0.123 e. The summed E-state index contributed by atoms with van der Waals surface area (Å²) in [6, 6.07) is 11.3. The Morgan fingerprint density at radius 1 is 0.857 bits per heavy atom. The van der Waals surface area contributed by atoms with Gasteiger partial charge < -0.3 is 25.3 Å². The Bertz CT molecular complexity index is 768. The number of likely N-dealkylation sites (N-methyl/N-ethyl adjacent to an activating group) is 1. The molecule has 28 heavy (non-hydrogen) atoms. The second-order valence-electron chi connectivity index (χ2n) is 7.88. The van der Waals surface area contributed by atoms with Crippen LogP contribution in [0.15, 0.2) is 48.5 Å². The number of hydrogen-bond acceptors (Lipinski definition) is 5. The van der Waals surface area contributed by atoms with Crippen molar-refractivity contribution < 1.29 is 29.2 Å². The Morgan fingerprint density at radius 3 is 1.61 bits per heavy atom. The lowest BCUT2D eigenvalue weighted by Crippen LogP contribution is -2.59. The van der Waals surface area contributed by atoms with Gasteiger partial charge in [0.2, 0.25) is 0 Å². The summed E-state index contributed by atoms with van der Waals surface area (Å²) < 4.78 is 27.0. The van der Waals surface area contributed by atoms with Crippen molar-refractivity contribution in [1.82, 2.24) is 4.90 Å². The number of nitrogens with zero attached hydrogens (tertiary/aromatic N) is 1. The number of halogens is 2. The van der Waals surface area contributed by atoms with Crippen molar-refractivity contribution in [1.29, 1.82) is 0 Å². The van der Waals surface area contributed by atoms with Crippen molar-refractivity contribution in [2.45, 2.75) is 36.3 Å². The predicted molar refractivity (Wildman–Crippen MR) is 99.6 cm³/mol. The van der Waals surface area contributed by atoms with Gasteiger partial charge in [0, 0.05) is 25.9 Å². The fourth-order valence-electron chi connectivity index (χ4n) is 4.09. The molecule has 0 aromatic heterocycles. The van der Waals surface area contributed by atoms with Gasteiger partial charge in [0.1, 0.15) is 35.0 Å². The molecule has 4 N–H and O–H groups in total. The molecular formula is C21H25F2NO4. The quantitative estimate of drug-likeness (QED) is 0.620. The van der Waals surface area contributed by atoms with Crippen molar-refractivity contribution >= 4 is 0 Å². The van der Waals surface area contributed by atoms with E-state index >= 15 is 0 Å². The topological polar surface area (TPSA) is 84.2 Å². The van der Waals surface area contributed by atoms with Crippen LogP contribution in [0.25, 0.3) is 0 Å². The first kappa shape index (κ1) is 20.8. The third-order valence-corrected chi connectivity index (χ3v) is 5.29. The summed E-state index contributed by atoms with van der Waals surface area (Å²) in [7, 11) is 1.64. The SMILES string of the molecule is CN1C[C@@](O)(Cc2cccc(F)c2)[C@H](O)[C@@H](O)[C@](O)(Cc2cccc(F)c2)C1. The number of likely N-dealkylation sites (tertiary alicyclic amines) is 1. The lowest BCUT2D eigenvalue weighted by atomic mass is 9.80. The predicted octanol–water partition coefficient (Wildman–Crippen LogP) is 0.879. The molecule has 1 heterocycles. The average Bonchev–Trinajstić information content (AvgIpc) is 2.64. The summed E-state index contributed by atoms with van der Waals surface area (Å²) in [5.41, 5.74) is -2.71. The van der Waals surface area contributed by atoms with Crippen molar-refractivity contribution in [2.75, 3.05) is 20.1 Å². The summed E-state index contributed by atoms with van der Waals surface area (Å²) in [5.74, 6) is -0.943. The summed E-state index contributed by atoms with van der Waals surface area (Å²) in [4.78, 5) is 1.60. The van der Waals surface area contributed by atoms with Crippen LogP contribution in [-0.2, 0) is 12.8 Å². The van der Waals surface area contributed by atoms with Gasteiger partial charge in [-0.3, -0.25) is 0 Å². The van der Waals surface area contributed by atoms with Crippen LogP contribution in [0.3, 0.4) is 0 Å². The number of β-amino-alcohol motifs (C(OH)–C–C–N with tert-alkyl or cyclic N) is 2. The highest BCUT2D eigenvalue weighted by Crippen LogP contribution is 2.32. The molecule has 0 unspecified atom stereocenters. The number of hydrogen-bond donors (Lipinski definition) is 4. The molecule has 152 valence electrons. The Labute approximate surface area is 162 Å². The van der Waals surface area contributed by atoms with Gasteiger partial charge in [0.05, 0.1) is 0 Å². The molecule has 7 heteroatoms. The second-order valence-corrected chi connectivity index (χ2v) is 7.88. The molecule has 0 spiro atoms. The summed E-state index contributed by atoms with van der Waals surface area (Å²) in [6.45, 7) is -0.0968. The second kappa shape index (κ2) is 7.85. The highest BCUT2D eigenvalue weighted by Gasteiger charge is 2.52. The maximum atomic E-state index is 13.5. The first-order valence-electron chi connectivity index (χ1n) is 9.10. The number of aliphatic hydroxyl groups is 4. The van der Waals surface area contributed by atoms with Gasteiger partial charge >= 0.3 is 0 Å². The molecule has 2 aromatic carbocycles. The van der Waals surface area contributed by atoms with E-state index in [0.29, 0.717) is 11.1 Å². The molecule has 0 bridgehead atoms. The molecule has 1 saturated heterocycles. The molecule has 5 nitrogen and oxygen atoms in total. The zero-order valence-corrected chi connectivity index (χ0v) is 15.6. The molecule has 4 atom stereocenters. The van der Waals surface area contributed by atoms with Crippen molar-refractivity contribution in [3.05, 3.63) is 71.3 Å². The van der Waals surface area contributed by atoms with Crippen molar-refractivity contribution in [3.63, 3.8) is 0 Å². The van der Waals surface area contributed by atoms with E-state index in [-0.39, 0.29) is 25.9 Å². The fraction of sp³-hybridized carbons (Fsp3) is 0.429. The molecule has 0 aliphatic carbocycles. The van der Waals surface area contributed by atoms with E-state index in [0.717, 1.165) is 0 Å². The smallest absolute Gasteiger partial charge is 0.123 e. The minimum absolute atomic E-state index is 0.0484. The minimum atomic E-state index is -1.81. The Morgan fingerprint density at radius 2 is 1.25 bits per heavy atom. The van der Waals surface area contributed by atoms with Crippen LogP contribution >= 0.6 is 0 Å². The van der Waals surface area contributed by atoms with E-state index < -0.39 is 35.0 Å². The highest BCUT2D eigenvalue weighted by atomic mass is 19.1. The molecule has 3 rings (SSSR count). The standard InChI is InChI=1S/C21H25F2NO4/c1-24-12-20(27,10-14-4-2-6-16(22)8-14)18(25)19(26)21(28,13-24)11-15-5-3-7-17(23)9-15/h2-9,18-19,25-28H,10-13H2,1H3/t18-,19-,20+,21+/m1/s1. The third kappa shape index (κ3) is 4.39. The highest BCUT2D eigenvalue weighted by molar-refractivity contribution is 5.23. The van der Waals surface area contributed by atoms with E-state index in [9.17, 15) is 29.2 Å². The van der Waals surface area contributed by atoms with Gasteiger partial charge in [-0.25, -0.2) is 8.78 Å². The third-order valence-electron chi connectivity index (χ3n) is 5.29. The minimum Gasteiger partial charge on any atom is -0.387 e. The van der Waals surface area contributed by atoms with Crippen LogP contribution in [0.5, 0.6) is 0 Å². The molecule has 1 aliphatic rings. The van der Waals surface area contributed by atoms with Crippen LogP contribution in [0.2, 0.25) is 0 Å². The van der Waals surface area contributed by atoms with Gasteiger partial charge in [0.25, 0.3) is 0 Å². The van der Waals surface area contributed by atoms with E-state index in [1.54, 1.807) is 24.1 Å². The van der Waals surface area contributed by atoms with Gasteiger partial charge in [-0.05, 0) is 42.4 Å². The normalized spacial score (nSPS) is 31.5. The summed E-state index contributed by atoms with van der Waals surface area (Å²) in [5, 5.41) is 43.7. The van der Waals surface area contributed by atoms with Crippen molar-refractivity contribution in [2.24, 2.45) is 0 Å². The zero-order chi connectivity index (χ0) is 20.5. The maximum absolute atomic E-state index is 13.5. The zero-order valence-electron chi connectivity index (χ0n) is 15.6. The molecular weight excluding hydrogens is 368 g/mol. The fourth-order valence-corrected chi connectivity index (χ4v) is 4.09. The first-order chi connectivity index (χ1) is 13.1.